The highest BCUT2D eigenvalue weighted by Crippen LogP contribution is 2.21. The van der Waals surface area contributed by atoms with Crippen LogP contribution in [0.5, 0.6) is 0 Å². The lowest BCUT2D eigenvalue weighted by molar-refractivity contribution is 0.592. The van der Waals surface area contributed by atoms with Gasteiger partial charge >= 0.3 is 0 Å². The fraction of sp³-hybridized carbons (Fsp3) is 0.133. The van der Waals surface area contributed by atoms with Crippen molar-refractivity contribution in [3.63, 3.8) is 0 Å². The monoisotopic (exact) mass is 289 g/mol. The standard InChI is InChI=1S/C15H12FNO2S/c16-14-6-8-15(9-7-14)20(18,19)11-13(10-17)12-4-2-1-3-5-12/h1-9,13H,11H2. The van der Waals surface area contributed by atoms with Crippen LogP contribution in [0.1, 0.15) is 11.5 Å². The Kier molecular flexibility index (Phi) is 4.16. The number of sulfone groups is 1. The highest BCUT2D eigenvalue weighted by Gasteiger charge is 2.22. The molecule has 0 aromatic heterocycles. The topological polar surface area (TPSA) is 57.9 Å². The van der Waals surface area contributed by atoms with Crippen molar-refractivity contribution in [3.8, 4) is 6.07 Å². The number of halogens is 1. The zero-order valence-electron chi connectivity index (χ0n) is 10.5. The van der Waals surface area contributed by atoms with Crippen LogP contribution < -0.4 is 0 Å². The molecule has 0 heterocycles. The summed E-state index contributed by atoms with van der Waals surface area (Å²) in [5, 5.41) is 9.16. The van der Waals surface area contributed by atoms with Crippen LogP contribution in [0.25, 0.3) is 0 Å². The number of rotatable bonds is 4. The van der Waals surface area contributed by atoms with Crippen molar-refractivity contribution in [1.29, 1.82) is 5.26 Å². The van der Waals surface area contributed by atoms with E-state index in [-0.39, 0.29) is 10.6 Å². The van der Waals surface area contributed by atoms with E-state index in [1.54, 1.807) is 30.3 Å². The van der Waals surface area contributed by atoms with Gasteiger partial charge < -0.3 is 0 Å². The van der Waals surface area contributed by atoms with Gasteiger partial charge in [0, 0.05) is 0 Å². The summed E-state index contributed by atoms with van der Waals surface area (Å²) in [6, 6.07) is 15.4. The van der Waals surface area contributed by atoms with Gasteiger partial charge in [-0.1, -0.05) is 30.3 Å². The summed E-state index contributed by atoms with van der Waals surface area (Å²) in [4.78, 5) is 0.0232. The molecule has 1 unspecified atom stereocenters. The van der Waals surface area contributed by atoms with Crippen LogP contribution in [0.15, 0.2) is 59.5 Å². The van der Waals surface area contributed by atoms with Gasteiger partial charge in [0.2, 0.25) is 0 Å². The summed E-state index contributed by atoms with van der Waals surface area (Å²) < 4.78 is 37.2. The predicted molar refractivity (Wildman–Crippen MR) is 73.2 cm³/mol. The van der Waals surface area contributed by atoms with Crippen molar-refractivity contribution in [2.24, 2.45) is 0 Å². The molecule has 0 N–H and O–H groups in total. The van der Waals surface area contributed by atoms with E-state index < -0.39 is 21.6 Å². The average molecular weight is 289 g/mol. The van der Waals surface area contributed by atoms with Gasteiger partial charge in [0.1, 0.15) is 5.82 Å². The summed E-state index contributed by atoms with van der Waals surface area (Å²) >= 11 is 0. The molecule has 2 aromatic carbocycles. The van der Waals surface area contributed by atoms with Crippen molar-refractivity contribution in [2.75, 3.05) is 5.75 Å². The third-order valence-corrected chi connectivity index (χ3v) is 4.68. The van der Waals surface area contributed by atoms with Gasteiger partial charge in [-0.15, -0.1) is 0 Å². The molecule has 0 aliphatic heterocycles. The smallest absolute Gasteiger partial charge is 0.180 e. The fourth-order valence-corrected chi connectivity index (χ4v) is 3.30. The minimum Gasteiger partial charge on any atom is -0.224 e. The Bertz CT molecular complexity index is 719. The molecule has 2 aromatic rings. The second kappa shape index (κ2) is 5.85. The molecule has 0 aliphatic carbocycles. The quantitative estimate of drug-likeness (QED) is 0.813. The molecule has 20 heavy (non-hydrogen) atoms. The van der Waals surface area contributed by atoms with Crippen LogP contribution in [0.2, 0.25) is 0 Å². The summed E-state index contributed by atoms with van der Waals surface area (Å²) in [5.74, 6) is -1.56. The Morgan fingerprint density at radius 3 is 2.20 bits per heavy atom. The van der Waals surface area contributed by atoms with Crippen LogP contribution in [-0.4, -0.2) is 14.2 Å². The van der Waals surface area contributed by atoms with Gasteiger partial charge in [-0.05, 0) is 29.8 Å². The number of nitrogens with zero attached hydrogens (tertiary/aromatic N) is 1. The molecule has 0 saturated carbocycles. The molecule has 2 rings (SSSR count). The van der Waals surface area contributed by atoms with Crippen molar-refractivity contribution in [3.05, 3.63) is 66.0 Å². The highest BCUT2D eigenvalue weighted by molar-refractivity contribution is 7.91. The summed E-state index contributed by atoms with van der Waals surface area (Å²) in [6.45, 7) is 0. The highest BCUT2D eigenvalue weighted by atomic mass is 32.2. The molecule has 5 heteroatoms. The molecule has 0 fully saturated rings. The molecule has 0 bridgehead atoms. The predicted octanol–water partition coefficient (Wildman–Crippen LogP) is 2.91. The Morgan fingerprint density at radius 1 is 1.05 bits per heavy atom. The molecule has 0 amide bonds. The third kappa shape index (κ3) is 3.22. The van der Waals surface area contributed by atoms with E-state index in [4.69, 9.17) is 5.26 Å². The molecule has 3 nitrogen and oxygen atoms in total. The number of benzene rings is 2. The lowest BCUT2D eigenvalue weighted by Gasteiger charge is -2.10. The Labute approximate surface area is 117 Å². The Hall–Kier alpha value is -2.19. The van der Waals surface area contributed by atoms with Crippen LogP contribution in [0.3, 0.4) is 0 Å². The minimum absolute atomic E-state index is 0.0232. The molecular weight excluding hydrogens is 277 g/mol. The van der Waals surface area contributed by atoms with Gasteiger partial charge in [-0.2, -0.15) is 5.26 Å². The van der Waals surface area contributed by atoms with E-state index >= 15 is 0 Å². The average Bonchev–Trinajstić information content (AvgIpc) is 2.46. The molecule has 0 aliphatic rings. The van der Waals surface area contributed by atoms with Crippen LogP contribution in [-0.2, 0) is 9.84 Å². The minimum atomic E-state index is -3.63. The first kappa shape index (κ1) is 14.2. The first-order chi connectivity index (χ1) is 9.53. The van der Waals surface area contributed by atoms with Crippen molar-refractivity contribution in [2.45, 2.75) is 10.8 Å². The Balaban J connectivity index is 2.28. The molecule has 0 spiro atoms. The zero-order valence-corrected chi connectivity index (χ0v) is 11.3. The zero-order chi connectivity index (χ0) is 14.6. The van der Waals surface area contributed by atoms with E-state index in [0.717, 1.165) is 12.1 Å². The Morgan fingerprint density at radius 2 is 1.65 bits per heavy atom. The van der Waals surface area contributed by atoms with Gasteiger partial charge in [-0.25, -0.2) is 12.8 Å². The van der Waals surface area contributed by atoms with E-state index in [2.05, 4.69) is 0 Å². The van der Waals surface area contributed by atoms with E-state index in [1.807, 2.05) is 6.07 Å². The van der Waals surface area contributed by atoms with E-state index in [0.29, 0.717) is 5.56 Å². The maximum absolute atomic E-state index is 12.8. The van der Waals surface area contributed by atoms with Gasteiger partial charge in [0.05, 0.1) is 22.6 Å². The number of hydrogen-bond donors (Lipinski definition) is 0. The number of nitriles is 1. The summed E-state index contributed by atoms with van der Waals surface area (Å²) in [7, 11) is -3.63. The van der Waals surface area contributed by atoms with Gasteiger partial charge in [-0.3, -0.25) is 0 Å². The van der Waals surface area contributed by atoms with Crippen LogP contribution >= 0.6 is 0 Å². The van der Waals surface area contributed by atoms with Gasteiger partial charge in [0.15, 0.2) is 9.84 Å². The second-order valence-electron chi connectivity index (χ2n) is 4.33. The van der Waals surface area contributed by atoms with E-state index in [1.165, 1.54) is 12.1 Å². The molecule has 0 saturated heterocycles. The van der Waals surface area contributed by atoms with Crippen LogP contribution in [0.4, 0.5) is 4.39 Å². The lowest BCUT2D eigenvalue weighted by atomic mass is 10.0. The normalized spacial score (nSPS) is 12.6. The first-order valence-corrected chi connectivity index (χ1v) is 7.61. The maximum Gasteiger partial charge on any atom is 0.180 e. The third-order valence-electron chi connectivity index (χ3n) is 2.92. The molecule has 1 atom stereocenters. The van der Waals surface area contributed by atoms with Crippen molar-refractivity contribution < 1.29 is 12.8 Å². The summed E-state index contributed by atoms with van der Waals surface area (Å²) in [5.41, 5.74) is 0.653. The lowest BCUT2D eigenvalue weighted by Crippen LogP contribution is -2.14. The second-order valence-corrected chi connectivity index (χ2v) is 6.36. The van der Waals surface area contributed by atoms with Gasteiger partial charge in [0.25, 0.3) is 0 Å². The fourth-order valence-electron chi connectivity index (χ4n) is 1.85. The maximum atomic E-state index is 12.8. The number of hydrogen-bond acceptors (Lipinski definition) is 3. The summed E-state index contributed by atoms with van der Waals surface area (Å²) in [6.07, 6.45) is 0. The first-order valence-electron chi connectivity index (χ1n) is 5.96. The van der Waals surface area contributed by atoms with Crippen molar-refractivity contribution >= 4 is 9.84 Å². The van der Waals surface area contributed by atoms with E-state index in [9.17, 15) is 12.8 Å². The molecular formula is C15H12FNO2S. The van der Waals surface area contributed by atoms with Crippen molar-refractivity contribution in [1.82, 2.24) is 0 Å². The SMILES string of the molecule is N#CC(CS(=O)(=O)c1ccc(F)cc1)c1ccccc1. The largest absolute Gasteiger partial charge is 0.224 e. The molecule has 0 radical (unpaired) electrons. The van der Waals surface area contributed by atoms with Crippen LogP contribution in [0, 0.1) is 17.1 Å². The molecule has 102 valence electrons.